The number of nitrogens with zero attached hydrogens (tertiary/aromatic N) is 2. The lowest BCUT2D eigenvalue weighted by molar-refractivity contribution is -0.137. The average molecular weight is 575 g/mol. The number of amides is 2. The summed E-state index contributed by atoms with van der Waals surface area (Å²) < 4.78 is 46.3. The smallest absolute Gasteiger partial charge is 0.416 e. The highest BCUT2D eigenvalue weighted by molar-refractivity contribution is 5.96. The first-order valence-corrected chi connectivity index (χ1v) is 14.5. The van der Waals surface area contributed by atoms with Crippen molar-refractivity contribution in [3.63, 3.8) is 0 Å². The molecular formula is C31H41F3N4O3. The maximum absolute atomic E-state index is 13.5. The molecule has 0 radical (unpaired) electrons. The summed E-state index contributed by atoms with van der Waals surface area (Å²) in [5, 5.41) is 6.07. The summed E-state index contributed by atoms with van der Waals surface area (Å²) in [5.41, 5.74) is -0.859. The molecule has 2 heterocycles. The predicted octanol–water partition coefficient (Wildman–Crippen LogP) is 7.60. The van der Waals surface area contributed by atoms with E-state index in [0.29, 0.717) is 68.0 Å². The van der Waals surface area contributed by atoms with Crippen LogP contribution in [0, 0.1) is 29.6 Å². The van der Waals surface area contributed by atoms with E-state index in [1.807, 2.05) is 0 Å². The minimum Gasteiger partial charge on any atom is -0.441 e. The number of ether oxygens (including phenoxy) is 1. The van der Waals surface area contributed by atoms with Crippen molar-refractivity contribution < 1.29 is 27.5 Å². The lowest BCUT2D eigenvalue weighted by Gasteiger charge is -2.34. The van der Waals surface area contributed by atoms with Crippen molar-refractivity contribution in [2.45, 2.75) is 72.1 Å². The van der Waals surface area contributed by atoms with E-state index < -0.39 is 23.4 Å². The summed E-state index contributed by atoms with van der Waals surface area (Å²) in [7, 11) is 0. The van der Waals surface area contributed by atoms with Gasteiger partial charge in [-0.15, -0.1) is 0 Å². The zero-order valence-electron chi connectivity index (χ0n) is 24.4. The maximum Gasteiger partial charge on any atom is 0.416 e. The fourth-order valence-corrected chi connectivity index (χ4v) is 5.77. The van der Waals surface area contributed by atoms with Crippen LogP contribution in [0.5, 0.6) is 0 Å². The van der Waals surface area contributed by atoms with Crippen molar-refractivity contribution in [1.29, 1.82) is 0 Å². The molecule has 3 atom stereocenters. The quantitative estimate of drug-likeness (QED) is 0.322. The van der Waals surface area contributed by atoms with E-state index in [9.17, 15) is 22.8 Å². The molecule has 2 amide bonds. The van der Waals surface area contributed by atoms with Gasteiger partial charge in [0.05, 0.1) is 23.5 Å². The third-order valence-electron chi connectivity index (χ3n) is 9.16. The Morgan fingerprint density at radius 3 is 2.39 bits per heavy atom. The van der Waals surface area contributed by atoms with Gasteiger partial charge >= 0.3 is 12.3 Å². The molecule has 1 saturated carbocycles. The second-order valence-corrected chi connectivity index (χ2v) is 12.2. The van der Waals surface area contributed by atoms with Crippen molar-refractivity contribution in [3.8, 4) is 0 Å². The highest BCUT2D eigenvalue weighted by atomic mass is 19.4. The number of carbonyl (C=O) groups excluding carboxylic acids is 2. The molecule has 1 spiro atoms. The molecular weight excluding hydrogens is 533 g/mol. The van der Waals surface area contributed by atoms with E-state index in [0.717, 1.165) is 12.1 Å². The van der Waals surface area contributed by atoms with Crippen LogP contribution in [0.15, 0.2) is 42.6 Å². The highest BCUT2D eigenvalue weighted by Gasteiger charge is 2.49. The standard InChI is InChI=1S/C31H41F3N4O3/c1-19(2)21(4)22(5)20(3)17-36-26-16-24(31(32,33)34)9-10-25(26)37-28(39)23-11-13-30(14-12-23)18-38(29(40)41-30)27-8-6-7-15-35-27/h6-10,15-16,19-23,36H,11-14,17-18H2,1-5H3,(H,37,39). The zero-order chi connectivity index (χ0) is 29.9. The Bertz CT molecular complexity index is 1210. The Morgan fingerprint density at radius 1 is 1.07 bits per heavy atom. The second-order valence-electron chi connectivity index (χ2n) is 12.2. The van der Waals surface area contributed by atoms with Crippen LogP contribution in [-0.2, 0) is 15.7 Å². The molecule has 0 bridgehead atoms. The summed E-state index contributed by atoms with van der Waals surface area (Å²) in [4.78, 5) is 31.6. The van der Waals surface area contributed by atoms with Gasteiger partial charge in [0.1, 0.15) is 11.4 Å². The number of hydrogen-bond donors (Lipinski definition) is 2. The third kappa shape index (κ3) is 7.13. The molecule has 4 rings (SSSR count). The first-order valence-electron chi connectivity index (χ1n) is 14.5. The molecule has 1 aromatic heterocycles. The van der Waals surface area contributed by atoms with Crippen molar-refractivity contribution in [3.05, 3.63) is 48.2 Å². The van der Waals surface area contributed by atoms with Crippen molar-refractivity contribution in [2.24, 2.45) is 29.6 Å². The fraction of sp³-hybridized carbons (Fsp3) is 0.581. The molecule has 41 heavy (non-hydrogen) atoms. The van der Waals surface area contributed by atoms with Crippen LogP contribution in [0.1, 0.15) is 65.9 Å². The van der Waals surface area contributed by atoms with Gasteiger partial charge in [0.25, 0.3) is 0 Å². The Balaban J connectivity index is 1.41. The molecule has 1 aliphatic carbocycles. The van der Waals surface area contributed by atoms with Gasteiger partial charge in [-0.1, -0.05) is 40.7 Å². The van der Waals surface area contributed by atoms with Crippen LogP contribution in [-0.4, -0.2) is 35.7 Å². The first kappa shape index (κ1) is 30.7. The Kier molecular flexibility index (Phi) is 9.19. The fourth-order valence-electron chi connectivity index (χ4n) is 5.77. The Morgan fingerprint density at radius 2 is 1.78 bits per heavy atom. The van der Waals surface area contributed by atoms with E-state index in [4.69, 9.17) is 4.74 Å². The average Bonchev–Trinajstić information content (AvgIpc) is 3.26. The number of anilines is 3. The lowest BCUT2D eigenvalue weighted by Crippen LogP contribution is -2.41. The second kappa shape index (κ2) is 12.3. The molecule has 2 aliphatic rings. The maximum atomic E-state index is 13.5. The van der Waals surface area contributed by atoms with E-state index in [1.54, 1.807) is 24.4 Å². The Labute approximate surface area is 240 Å². The molecule has 3 unspecified atom stereocenters. The van der Waals surface area contributed by atoms with Gasteiger partial charge in [0.15, 0.2) is 0 Å². The molecule has 1 saturated heterocycles. The largest absolute Gasteiger partial charge is 0.441 e. The zero-order valence-corrected chi connectivity index (χ0v) is 24.4. The van der Waals surface area contributed by atoms with Crippen LogP contribution in [0.3, 0.4) is 0 Å². The molecule has 224 valence electrons. The molecule has 10 heteroatoms. The number of rotatable bonds is 9. The SMILES string of the molecule is CC(C)C(C)C(C)C(C)CNc1cc(C(F)(F)F)ccc1NC(=O)C1CCC2(CC1)CN(c1ccccn1)C(=O)O2. The van der Waals surface area contributed by atoms with Gasteiger partial charge < -0.3 is 15.4 Å². The van der Waals surface area contributed by atoms with Gasteiger partial charge in [-0.05, 0) is 79.7 Å². The first-order chi connectivity index (χ1) is 19.3. The van der Waals surface area contributed by atoms with Crippen molar-refractivity contribution in [2.75, 3.05) is 28.6 Å². The minimum absolute atomic E-state index is 0.208. The van der Waals surface area contributed by atoms with Crippen LogP contribution in [0.25, 0.3) is 0 Å². The third-order valence-corrected chi connectivity index (χ3v) is 9.16. The van der Waals surface area contributed by atoms with E-state index >= 15 is 0 Å². The van der Waals surface area contributed by atoms with E-state index in [1.165, 1.54) is 11.0 Å². The van der Waals surface area contributed by atoms with Gasteiger partial charge in [-0.2, -0.15) is 13.2 Å². The van der Waals surface area contributed by atoms with Gasteiger partial charge in [0, 0.05) is 18.7 Å². The number of aromatic nitrogens is 1. The normalized spacial score (nSPS) is 23.3. The van der Waals surface area contributed by atoms with Crippen LogP contribution >= 0.6 is 0 Å². The molecule has 2 fully saturated rings. The highest BCUT2D eigenvalue weighted by Crippen LogP contribution is 2.41. The monoisotopic (exact) mass is 574 g/mol. The Hall–Kier alpha value is -3.30. The summed E-state index contributed by atoms with van der Waals surface area (Å²) >= 11 is 0. The van der Waals surface area contributed by atoms with E-state index in [2.05, 4.69) is 50.2 Å². The summed E-state index contributed by atoms with van der Waals surface area (Å²) in [6.45, 7) is 11.6. The van der Waals surface area contributed by atoms with Gasteiger partial charge in [0.2, 0.25) is 5.91 Å². The van der Waals surface area contributed by atoms with Crippen LogP contribution in [0.2, 0.25) is 0 Å². The van der Waals surface area contributed by atoms with Crippen LogP contribution in [0.4, 0.5) is 35.2 Å². The van der Waals surface area contributed by atoms with Crippen molar-refractivity contribution >= 4 is 29.2 Å². The number of hydrogen-bond acceptors (Lipinski definition) is 5. The number of alkyl halides is 3. The van der Waals surface area contributed by atoms with Gasteiger partial charge in [-0.25, -0.2) is 9.78 Å². The summed E-state index contributed by atoms with van der Waals surface area (Å²) in [6, 6.07) is 8.71. The minimum atomic E-state index is -4.50. The molecule has 1 aromatic carbocycles. The molecule has 2 aromatic rings. The molecule has 1 aliphatic heterocycles. The summed E-state index contributed by atoms with van der Waals surface area (Å²) in [5.74, 6) is 1.46. The lowest BCUT2D eigenvalue weighted by atomic mass is 9.78. The molecule has 2 N–H and O–H groups in total. The summed E-state index contributed by atoms with van der Waals surface area (Å²) in [6.07, 6.45) is -1.29. The number of carbonyl (C=O) groups is 2. The number of halogens is 3. The van der Waals surface area contributed by atoms with Gasteiger partial charge in [-0.3, -0.25) is 9.69 Å². The predicted molar refractivity (Wildman–Crippen MR) is 154 cm³/mol. The number of nitrogens with one attached hydrogen (secondary N) is 2. The van der Waals surface area contributed by atoms with Crippen LogP contribution < -0.4 is 15.5 Å². The number of pyridine rings is 1. The van der Waals surface area contributed by atoms with Crippen molar-refractivity contribution in [1.82, 2.24) is 4.98 Å². The topological polar surface area (TPSA) is 83.6 Å². The molecule has 7 nitrogen and oxygen atoms in total. The number of benzene rings is 1. The van der Waals surface area contributed by atoms with E-state index in [-0.39, 0.29) is 23.4 Å².